The van der Waals surface area contributed by atoms with Crippen molar-refractivity contribution in [3.63, 3.8) is 0 Å². The first kappa shape index (κ1) is 9.17. The topological polar surface area (TPSA) is 32.7 Å². The number of hydroxylamine groups is 2. The Morgan fingerprint density at radius 1 is 1.67 bits per heavy atom. The Hall–Kier alpha value is 0.170. The Kier molecular flexibility index (Phi) is 6.41. The zero-order chi connectivity index (χ0) is 7.11. The lowest BCUT2D eigenvalue weighted by atomic mass is 10.7. The molecule has 0 rings (SSSR count). The van der Waals surface area contributed by atoms with Gasteiger partial charge in [-0.2, -0.15) is 5.06 Å². The Bertz CT molecular complexity index is 62.9. The number of aliphatic hydroxyl groups is 1. The molecule has 0 heterocycles. The first-order valence-electron chi connectivity index (χ1n) is 2.82. The highest BCUT2D eigenvalue weighted by Crippen LogP contribution is 1.85. The van der Waals surface area contributed by atoms with Crippen LogP contribution in [-0.4, -0.2) is 42.9 Å². The summed E-state index contributed by atoms with van der Waals surface area (Å²) in [5.74, 6) is 0.544. The van der Waals surface area contributed by atoms with Crippen LogP contribution in [0.4, 0.5) is 0 Å². The van der Waals surface area contributed by atoms with E-state index in [0.717, 1.165) is 0 Å². The molecule has 0 aromatic rings. The van der Waals surface area contributed by atoms with Crippen LogP contribution in [0.25, 0.3) is 0 Å². The molecule has 4 heteroatoms. The molecule has 0 aliphatic carbocycles. The molecule has 56 valence electrons. The summed E-state index contributed by atoms with van der Waals surface area (Å²) in [5.41, 5.74) is 0. The molecule has 0 aliphatic heterocycles. The summed E-state index contributed by atoms with van der Waals surface area (Å²) in [6, 6.07) is 0. The molecule has 0 saturated carbocycles. The van der Waals surface area contributed by atoms with Crippen molar-refractivity contribution in [1.82, 2.24) is 5.06 Å². The van der Waals surface area contributed by atoms with Gasteiger partial charge in [-0.1, -0.05) is 0 Å². The quantitative estimate of drug-likeness (QED) is 0.449. The summed E-state index contributed by atoms with van der Waals surface area (Å²) in [6.07, 6.45) is 0. The molecule has 0 bridgehead atoms. The Labute approximate surface area is 60.1 Å². The van der Waals surface area contributed by atoms with Gasteiger partial charge in [0.25, 0.3) is 0 Å². The predicted octanol–water partition coefficient (Wildman–Crippen LogP) is 0.0809. The van der Waals surface area contributed by atoms with Crippen molar-refractivity contribution in [2.75, 3.05) is 32.7 Å². The number of rotatable bonds is 5. The van der Waals surface area contributed by atoms with E-state index in [2.05, 4.69) is 0 Å². The molecule has 0 aromatic heterocycles. The van der Waals surface area contributed by atoms with E-state index in [1.54, 1.807) is 12.1 Å². The van der Waals surface area contributed by atoms with Crippen LogP contribution in [-0.2, 0) is 4.84 Å². The van der Waals surface area contributed by atoms with Crippen LogP contribution in [0.2, 0.25) is 0 Å². The van der Waals surface area contributed by atoms with Gasteiger partial charge in [-0.25, -0.2) is 0 Å². The van der Waals surface area contributed by atoms with Crippen LogP contribution < -0.4 is 0 Å². The molecule has 0 aromatic carbocycles. The van der Waals surface area contributed by atoms with Gasteiger partial charge in [0.1, 0.15) is 0 Å². The van der Waals surface area contributed by atoms with Gasteiger partial charge in [0.05, 0.1) is 13.2 Å². The Balaban J connectivity index is 2.95. The molecule has 0 aliphatic rings. The molecular weight excluding hydrogens is 142 g/mol. The van der Waals surface area contributed by atoms with Crippen LogP contribution in [0.5, 0.6) is 0 Å². The lowest BCUT2D eigenvalue weighted by molar-refractivity contribution is -0.143. The maximum Gasteiger partial charge on any atom is 0.0916 e. The van der Waals surface area contributed by atoms with E-state index >= 15 is 0 Å². The lowest BCUT2D eigenvalue weighted by Gasteiger charge is -2.13. The van der Waals surface area contributed by atoms with Gasteiger partial charge < -0.3 is 5.11 Å². The summed E-state index contributed by atoms with van der Waals surface area (Å²) < 4.78 is 0. The molecule has 0 spiro atoms. The van der Waals surface area contributed by atoms with E-state index in [1.807, 2.05) is 0 Å². The number of nitrogens with zero attached hydrogens (tertiary/aromatic N) is 1. The Morgan fingerprint density at radius 3 is 2.78 bits per heavy atom. The summed E-state index contributed by atoms with van der Waals surface area (Å²) in [4.78, 5) is 4.93. The molecule has 0 radical (unpaired) electrons. The smallest absolute Gasteiger partial charge is 0.0916 e. The zero-order valence-electron chi connectivity index (χ0n) is 5.51. The maximum atomic E-state index is 8.30. The fourth-order valence-corrected chi connectivity index (χ4v) is 0.618. The monoisotopic (exact) mass is 153 g/mol. The molecule has 0 atom stereocenters. The van der Waals surface area contributed by atoms with Gasteiger partial charge in [0.2, 0.25) is 0 Å². The number of halogens is 1. The standard InChI is InChI=1S/C5H12ClNO2/c1-7(3-2-6)9-5-4-8/h8H,2-5H2,1H3. The van der Waals surface area contributed by atoms with E-state index in [-0.39, 0.29) is 6.61 Å². The zero-order valence-corrected chi connectivity index (χ0v) is 6.26. The third-order valence-corrected chi connectivity index (χ3v) is 0.971. The van der Waals surface area contributed by atoms with Gasteiger partial charge in [-0.3, -0.25) is 4.84 Å². The lowest BCUT2D eigenvalue weighted by Crippen LogP contribution is -2.22. The maximum absolute atomic E-state index is 8.30. The molecule has 0 amide bonds. The van der Waals surface area contributed by atoms with Crippen molar-refractivity contribution < 1.29 is 9.94 Å². The summed E-state index contributed by atoms with van der Waals surface area (Å²) in [5, 5.41) is 9.90. The largest absolute Gasteiger partial charge is 0.394 e. The first-order valence-corrected chi connectivity index (χ1v) is 3.35. The van der Waals surface area contributed by atoms with E-state index in [9.17, 15) is 0 Å². The second-order valence-electron chi connectivity index (χ2n) is 1.60. The van der Waals surface area contributed by atoms with Crippen molar-refractivity contribution in [3.05, 3.63) is 0 Å². The predicted molar refractivity (Wildman–Crippen MR) is 36.4 cm³/mol. The van der Waals surface area contributed by atoms with Crippen LogP contribution >= 0.6 is 11.6 Å². The minimum absolute atomic E-state index is 0.0482. The van der Waals surface area contributed by atoms with Gasteiger partial charge in [-0.05, 0) is 0 Å². The van der Waals surface area contributed by atoms with Crippen molar-refractivity contribution in [2.45, 2.75) is 0 Å². The molecule has 0 unspecified atom stereocenters. The fourth-order valence-electron chi connectivity index (χ4n) is 0.380. The van der Waals surface area contributed by atoms with Crippen LogP contribution in [0.3, 0.4) is 0 Å². The van der Waals surface area contributed by atoms with E-state index in [0.29, 0.717) is 19.0 Å². The number of aliphatic hydroxyl groups excluding tert-OH is 1. The highest BCUT2D eigenvalue weighted by molar-refractivity contribution is 6.18. The fraction of sp³-hybridized carbons (Fsp3) is 1.00. The number of alkyl halides is 1. The Morgan fingerprint density at radius 2 is 2.33 bits per heavy atom. The number of hydrogen-bond donors (Lipinski definition) is 1. The molecule has 0 saturated heterocycles. The van der Waals surface area contributed by atoms with E-state index in [1.165, 1.54) is 0 Å². The summed E-state index contributed by atoms with van der Waals surface area (Å²) >= 11 is 5.39. The minimum Gasteiger partial charge on any atom is -0.394 e. The third kappa shape index (κ3) is 6.05. The van der Waals surface area contributed by atoms with Crippen LogP contribution in [0.1, 0.15) is 0 Å². The third-order valence-electron chi connectivity index (χ3n) is 0.802. The van der Waals surface area contributed by atoms with Crippen molar-refractivity contribution >= 4 is 11.6 Å². The normalized spacial score (nSPS) is 10.7. The molecule has 1 N–H and O–H groups in total. The van der Waals surface area contributed by atoms with Gasteiger partial charge in [-0.15, -0.1) is 11.6 Å². The van der Waals surface area contributed by atoms with Gasteiger partial charge >= 0.3 is 0 Å². The second kappa shape index (κ2) is 6.29. The van der Waals surface area contributed by atoms with E-state index in [4.69, 9.17) is 21.5 Å². The van der Waals surface area contributed by atoms with Crippen molar-refractivity contribution in [1.29, 1.82) is 0 Å². The minimum atomic E-state index is 0.0482. The van der Waals surface area contributed by atoms with Gasteiger partial charge in [0.15, 0.2) is 0 Å². The summed E-state index contributed by atoms with van der Waals surface area (Å²) in [6.45, 7) is 1.07. The molecular formula is C5H12ClNO2. The summed E-state index contributed by atoms with van der Waals surface area (Å²) in [7, 11) is 1.78. The average Bonchev–Trinajstić information content (AvgIpc) is 1.85. The highest BCUT2D eigenvalue weighted by atomic mass is 35.5. The second-order valence-corrected chi connectivity index (χ2v) is 1.98. The van der Waals surface area contributed by atoms with Crippen LogP contribution in [0, 0.1) is 0 Å². The molecule has 0 fully saturated rings. The SMILES string of the molecule is CN(CCCl)OCCO. The van der Waals surface area contributed by atoms with Gasteiger partial charge in [0, 0.05) is 19.5 Å². The number of hydrogen-bond acceptors (Lipinski definition) is 3. The van der Waals surface area contributed by atoms with Crippen molar-refractivity contribution in [2.24, 2.45) is 0 Å². The molecule has 3 nitrogen and oxygen atoms in total. The van der Waals surface area contributed by atoms with E-state index < -0.39 is 0 Å². The van der Waals surface area contributed by atoms with Crippen molar-refractivity contribution in [3.8, 4) is 0 Å². The highest BCUT2D eigenvalue weighted by Gasteiger charge is 1.93. The molecule has 9 heavy (non-hydrogen) atoms. The first-order chi connectivity index (χ1) is 4.31. The average molecular weight is 154 g/mol. The van der Waals surface area contributed by atoms with Crippen LogP contribution in [0.15, 0.2) is 0 Å².